The standard InChI is InChI=1S/C12H18BrN3O/c1-8-9(14)6-15-11(10(8)13)16-7-12(17-2)4-3-5-12/h6H,3-5,7,14H2,1-2H3,(H,15,16). The third-order valence-electron chi connectivity index (χ3n) is 3.58. The first-order chi connectivity index (χ1) is 8.08. The van der Waals surface area contributed by atoms with E-state index in [9.17, 15) is 0 Å². The summed E-state index contributed by atoms with van der Waals surface area (Å²) in [5.41, 5.74) is 7.50. The molecule has 3 N–H and O–H groups in total. The van der Waals surface area contributed by atoms with E-state index in [-0.39, 0.29) is 5.60 Å². The molecule has 2 rings (SSSR count). The summed E-state index contributed by atoms with van der Waals surface area (Å²) in [7, 11) is 1.78. The van der Waals surface area contributed by atoms with Crippen molar-refractivity contribution < 1.29 is 4.74 Å². The Morgan fingerprint density at radius 3 is 2.82 bits per heavy atom. The van der Waals surface area contributed by atoms with Crippen LogP contribution < -0.4 is 11.1 Å². The fourth-order valence-corrected chi connectivity index (χ4v) is 2.46. The van der Waals surface area contributed by atoms with Crippen LogP contribution in [0.5, 0.6) is 0 Å². The number of halogens is 1. The van der Waals surface area contributed by atoms with Gasteiger partial charge in [0.1, 0.15) is 5.82 Å². The first-order valence-corrected chi connectivity index (χ1v) is 6.57. The lowest BCUT2D eigenvalue weighted by molar-refractivity contribution is -0.0601. The number of nitrogens with zero attached hydrogens (tertiary/aromatic N) is 1. The molecule has 4 nitrogen and oxygen atoms in total. The average molecular weight is 300 g/mol. The minimum atomic E-state index is -0.00356. The molecule has 5 heteroatoms. The highest BCUT2D eigenvalue weighted by atomic mass is 79.9. The molecule has 1 aromatic rings. The van der Waals surface area contributed by atoms with E-state index in [1.54, 1.807) is 13.3 Å². The van der Waals surface area contributed by atoms with Crippen LogP contribution in [-0.2, 0) is 4.74 Å². The lowest BCUT2D eigenvalue weighted by atomic mass is 9.80. The molecule has 0 amide bonds. The number of methoxy groups -OCH3 is 1. The van der Waals surface area contributed by atoms with Gasteiger partial charge in [0.25, 0.3) is 0 Å². The first-order valence-electron chi connectivity index (χ1n) is 5.77. The van der Waals surface area contributed by atoms with E-state index in [1.807, 2.05) is 6.92 Å². The van der Waals surface area contributed by atoms with Crippen molar-refractivity contribution in [1.82, 2.24) is 4.98 Å². The van der Waals surface area contributed by atoms with Crippen molar-refractivity contribution in [2.24, 2.45) is 0 Å². The van der Waals surface area contributed by atoms with E-state index in [4.69, 9.17) is 10.5 Å². The molecule has 1 saturated carbocycles. The number of hydrogen-bond acceptors (Lipinski definition) is 4. The minimum absolute atomic E-state index is 0.00356. The second-order valence-corrected chi connectivity index (χ2v) is 5.39. The quantitative estimate of drug-likeness (QED) is 0.897. The summed E-state index contributed by atoms with van der Waals surface area (Å²) in [6.45, 7) is 2.76. The van der Waals surface area contributed by atoms with Gasteiger partial charge in [0.15, 0.2) is 0 Å². The molecule has 1 fully saturated rings. The van der Waals surface area contributed by atoms with Crippen molar-refractivity contribution in [2.75, 3.05) is 24.7 Å². The molecule has 0 aromatic carbocycles. The monoisotopic (exact) mass is 299 g/mol. The van der Waals surface area contributed by atoms with Crippen LogP contribution in [0.4, 0.5) is 11.5 Å². The molecule has 1 aromatic heterocycles. The number of hydrogen-bond donors (Lipinski definition) is 2. The fraction of sp³-hybridized carbons (Fsp3) is 0.583. The number of pyridine rings is 1. The molecule has 0 aliphatic heterocycles. The van der Waals surface area contributed by atoms with E-state index in [2.05, 4.69) is 26.2 Å². The molecule has 94 valence electrons. The van der Waals surface area contributed by atoms with Gasteiger partial charge in [-0.25, -0.2) is 4.98 Å². The smallest absolute Gasteiger partial charge is 0.140 e. The molecule has 0 spiro atoms. The summed E-state index contributed by atoms with van der Waals surface area (Å²) in [6, 6.07) is 0. The molecular formula is C12H18BrN3O. The van der Waals surface area contributed by atoms with Gasteiger partial charge in [0.2, 0.25) is 0 Å². The van der Waals surface area contributed by atoms with Crippen molar-refractivity contribution in [3.63, 3.8) is 0 Å². The van der Waals surface area contributed by atoms with E-state index >= 15 is 0 Å². The zero-order valence-corrected chi connectivity index (χ0v) is 11.8. The molecule has 0 saturated heterocycles. The predicted octanol–water partition coefficient (Wildman–Crippen LogP) is 2.72. The molecule has 0 radical (unpaired) electrons. The Morgan fingerprint density at radius 2 is 2.29 bits per heavy atom. The molecule has 1 heterocycles. The molecular weight excluding hydrogens is 282 g/mol. The number of anilines is 2. The Bertz CT molecular complexity index is 413. The van der Waals surface area contributed by atoms with Gasteiger partial charge >= 0.3 is 0 Å². The summed E-state index contributed by atoms with van der Waals surface area (Å²) < 4.78 is 6.49. The van der Waals surface area contributed by atoms with Gasteiger partial charge in [-0.15, -0.1) is 0 Å². The number of ether oxygens (including phenoxy) is 1. The van der Waals surface area contributed by atoms with E-state index in [0.29, 0.717) is 5.69 Å². The van der Waals surface area contributed by atoms with Gasteiger partial charge in [-0.2, -0.15) is 0 Å². The number of rotatable bonds is 4. The van der Waals surface area contributed by atoms with Gasteiger partial charge in [-0.3, -0.25) is 0 Å². The van der Waals surface area contributed by atoms with Crippen LogP contribution in [0.25, 0.3) is 0 Å². The molecule has 0 atom stereocenters. The molecule has 17 heavy (non-hydrogen) atoms. The van der Waals surface area contributed by atoms with Crippen molar-refractivity contribution in [1.29, 1.82) is 0 Å². The van der Waals surface area contributed by atoms with E-state index in [0.717, 1.165) is 35.2 Å². The van der Waals surface area contributed by atoms with Gasteiger partial charge < -0.3 is 15.8 Å². The average Bonchev–Trinajstić information content (AvgIpc) is 2.28. The Hall–Kier alpha value is -0.810. The topological polar surface area (TPSA) is 60.2 Å². The molecule has 0 bridgehead atoms. The second-order valence-electron chi connectivity index (χ2n) is 4.60. The SMILES string of the molecule is COC1(CNc2ncc(N)c(C)c2Br)CCC1. The summed E-state index contributed by atoms with van der Waals surface area (Å²) in [6.07, 6.45) is 5.15. The largest absolute Gasteiger partial charge is 0.397 e. The Kier molecular flexibility index (Phi) is 3.58. The Balaban J connectivity index is 2.07. The fourth-order valence-electron chi connectivity index (χ4n) is 1.98. The molecule has 0 unspecified atom stereocenters. The molecule has 1 aliphatic rings. The van der Waals surface area contributed by atoms with Gasteiger partial charge in [0.05, 0.1) is 22.0 Å². The molecule has 1 aliphatic carbocycles. The van der Waals surface area contributed by atoms with Gasteiger partial charge in [-0.1, -0.05) is 0 Å². The number of nitrogen functional groups attached to an aromatic ring is 1. The summed E-state index contributed by atoms with van der Waals surface area (Å²) in [5.74, 6) is 0.833. The maximum atomic E-state index is 5.79. The van der Waals surface area contributed by atoms with Crippen LogP contribution in [0.2, 0.25) is 0 Å². The third kappa shape index (κ3) is 2.40. The maximum Gasteiger partial charge on any atom is 0.140 e. The van der Waals surface area contributed by atoms with Crippen LogP contribution in [0.3, 0.4) is 0 Å². The highest BCUT2D eigenvalue weighted by Gasteiger charge is 2.36. The van der Waals surface area contributed by atoms with Crippen LogP contribution in [0, 0.1) is 6.92 Å². The lowest BCUT2D eigenvalue weighted by Crippen LogP contribution is -2.45. The Labute approximate surface area is 110 Å². The number of nitrogens with one attached hydrogen (secondary N) is 1. The van der Waals surface area contributed by atoms with Crippen molar-refractivity contribution in [2.45, 2.75) is 31.8 Å². The van der Waals surface area contributed by atoms with Crippen molar-refractivity contribution >= 4 is 27.4 Å². The highest BCUT2D eigenvalue weighted by molar-refractivity contribution is 9.10. The summed E-state index contributed by atoms with van der Waals surface area (Å²) in [4.78, 5) is 4.30. The third-order valence-corrected chi connectivity index (χ3v) is 4.55. The summed E-state index contributed by atoms with van der Waals surface area (Å²) >= 11 is 3.51. The zero-order valence-electron chi connectivity index (χ0n) is 10.2. The Morgan fingerprint density at radius 1 is 1.59 bits per heavy atom. The lowest BCUT2D eigenvalue weighted by Gasteiger charge is -2.40. The second kappa shape index (κ2) is 4.82. The van der Waals surface area contributed by atoms with Crippen LogP contribution in [0.15, 0.2) is 10.7 Å². The minimum Gasteiger partial charge on any atom is -0.397 e. The van der Waals surface area contributed by atoms with Crippen LogP contribution in [0.1, 0.15) is 24.8 Å². The van der Waals surface area contributed by atoms with Crippen molar-refractivity contribution in [3.05, 3.63) is 16.2 Å². The number of aromatic nitrogens is 1. The first kappa shape index (κ1) is 12.6. The van der Waals surface area contributed by atoms with Crippen LogP contribution >= 0.6 is 15.9 Å². The zero-order chi connectivity index (χ0) is 12.5. The van der Waals surface area contributed by atoms with Crippen LogP contribution in [-0.4, -0.2) is 24.2 Å². The van der Waals surface area contributed by atoms with E-state index < -0.39 is 0 Å². The highest BCUT2D eigenvalue weighted by Crippen LogP contribution is 2.36. The van der Waals surface area contributed by atoms with Crippen molar-refractivity contribution in [3.8, 4) is 0 Å². The normalized spacial score (nSPS) is 17.6. The van der Waals surface area contributed by atoms with E-state index in [1.165, 1.54) is 6.42 Å². The number of nitrogens with two attached hydrogens (primary N) is 1. The van der Waals surface area contributed by atoms with Gasteiger partial charge in [0, 0.05) is 13.7 Å². The summed E-state index contributed by atoms with van der Waals surface area (Å²) in [5, 5.41) is 3.34. The van der Waals surface area contributed by atoms with Gasteiger partial charge in [-0.05, 0) is 47.7 Å². The maximum absolute atomic E-state index is 5.79. The predicted molar refractivity (Wildman–Crippen MR) is 73.2 cm³/mol.